The maximum absolute atomic E-state index is 12.8. The molecule has 6 heteroatoms. The number of rotatable bonds is 5. The summed E-state index contributed by atoms with van der Waals surface area (Å²) in [6.07, 6.45) is 7.36. The molecule has 4 atom stereocenters. The highest BCUT2D eigenvalue weighted by atomic mass is 16.5. The minimum absolute atomic E-state index is 0.116. The third kappa shape index (κ3) is 4.43. The van der Waals surface area contributed by atoms with Crippen LogP contribution in [0.15, 0.2) is 18.3 Å². The van der Waals surface area contributed by atoms with Gasteiger partial charge in [0.15, 0.2) is 0 Å². The molecule has 0 unspecified atom stereocenters. The molecule has 1 aliphatic heterocycles. The van der Waals surface area contributed by atoms with Crippen LogP contribution in [0.3, 0.4) is 0 Å². The number of aromatic nitrogens is 1. The van der Waals surface area contributed by atoms with Gasteiger partial charge in [0.1, 0.15) is 5.69 Å². The molecule has 3 rings (SSSR count). The second-order valence-electron chi connectivity index (χ2n) is 8.62. The Hall–Kier alpha value is -1.82. The number of nitrogens with zero attached hydrogens (tertiary/aromatic N) is 2. The van der Waals surface area contributed by atoms with E-state index >= 15 is 0 Å². The lowest BCUT2D eigenvalue weighted by Crippen LogP contribution is -2.53. The SMILES string of the molecule is COC(=O)c1cccn1C1CCN([C@H](C)C(=O)N[C@@H]2CCC[C@H](C)[C@H]2C)CC1. The first kappa shape index (κ1) is 20.9. The summed E-state index contributed by atoms with van der Waals surface area (Å²) >= 11 is 0. The molecule has 2 heterocycles. The molecule has 1 saturated carbocycles. The first-order valence-electron chi connectivity index (χ1n) is 10.7. The standard InChI is InChI=1S/C22H35N3O3/c1-15-7-5-8-19(16(15)2)23-21(26)17(3)24-13-10-18(11-14-24)25-12-6-9-20(25)22(27)28-4/h6,9,12,15-19H,5,7-8,10-11,13-14H2,1-4H3,(H,23,26)/t15-,16+,17+,19+/m0/s1. The van der Waals surface area contributed by atoms with Crippen molar-refractivity contribution in [1.82, 2.24) is 14.8 Å². The van der Waals surface area contributed by atoms with E-state index in [9.17, 15) is 9.59 Å². The van der Waals surface area contributed by atoms with E-state index in [4.69, 9.17) is 4.74 Å². The van der Waals surface area contributed by atoms with Gasteiger partial charge in [-0.15, -0.1) is 0 Å². The van der Waals surface area contributed by atoms with Gasteiger partial charge in [0.25, 0.3) is 0 Å². The fourth-order valence-corrected chi connectivity index (χ4v) is 4.80. The molecule has 1 aromatic rings. The molecule has 6 nitrogen and oxygen atoms in total. The third-order valence-corrected chi connectivity index (χ3v) is 7.03. The van der Waals surface area contributed by atoms with E-state index < -0.39 is 0 Å². The molecule has 0 spiro atoms. The summed E-state index contributed by atoms with van der Waals surface area (Å²) < 4.78 is 6.91. The van der Waals surface area contributed by atoms with Crippen molar-refractivity contribution in [3.05, 3.63) is 24.0 Å². The molecular weight excluding hydrogens is 354 g/mol. The predicted octanol–water partition coefficient (Wildman–Crippen LogP) is 3.24. The number of carbonyl (C=O) groups excluding carboxylic acids is 2. The van der Waals surface area contributed by atoms with Crippen LogP contribution in [0.5, 0.6) is 0 Å². The number of nitrogens with one attached hydrogen (secondary N) is 1. The van der Waals surface area contributed by atoms with Gasteiger partial charge < -0.3 is 14.6 Å². The maximum atomic E-state index is 12.8. The number of methoxy groups -OCH3 is 1. The summed E-state index contributed by atoms with van der Waals surface area (Å²) in [5.41, 5.74) is 0.604. The monoisotopic (exact) mass is 389 g/mol. The molecule has 1 N–H and O–H groups in total. The zero-order valence-corrected chi connectivity index (χ0v) is 17.7. The summed E-state index contributed by atoms with van der Waals surface area (Å²) in [5, 5.41) is 3.32. The van der Waals surface area contributed by atoms with Gasteiger partial charge in [-0.1, -0.05) is 26.7 Å². The van der Waals surface area contributed by atoms with E-state index in [2.05, 4.69) is 24.1 Å². The number of amides is 1. The van der Waals surface area contributed by atoms with Crippen LogP contribution >= 0.6 is 0 Å². The summed E-state index contributed by atoms with van der Waals surface area (Å²) in [6.45, 7) is 8.29. The van der Waals surface area contributed by atoms with Gasteiger partial charge in [-0.2, -0.15) is 0 Å². The minimum atomic E-state index is -0.295. The van der Waals surface area contributed by atoms with Crippen LogP contribution in [0.25, 0.3) is 0 Å². The van der Waals surface area contributed by atoms with Crippen molar-refractivity contribution in [3.8, 4) is 0 Å². The lowest BCUT2D eigenvalue weighted by molar-refractivity contribution is -0.127. The Labute approximate surface area is 168 Å². The van der Waals surface area contributed by atoms with Crippen molar-refractivity contribution in [2.45, 2.75) is 71.0 Å². The van der Waals surface area contributed by atoms with E-state index in [1.807, 2.05) is 23.8 Å². The van der Waals surface area contributed by atoms with Crippen LogP contribution in [0, 0.1) is 11.8 Å². The number of piperidine rings is 1. The summed E-state index contributed by atoms with van der Waals surface area (Å²) in [7, 11) is 1.41. The Morgan fingerprint density at radius 2 is 1.89 bits per heavy atom. The highest BCUT2D eigenvalue weighted by molar-refractivity contribution is 5.87. The van der Waals surface area contributed by atoms with Gasteiger partial charge in [0.05, 0.1) is 13.2 Å². The van der Waals surface area contributed by atoms with Crippen molar-refractivity contribution in [2.75, 3.05) is 20.2 Å². The second-order valence-corrected chi connectivity index (χ2v) is 8.62. The largest absolute Gasteiger partial charge is 0.464 e. The van der Waals surface area contributed by atoms with E-state index in [0.29, 0.717) is 23.6 Å². The lowest BCUT2D eigenvalue weighted by atomic mass is 9.78. The van der Waals surface area contributed by atoms with Crippen molar-refractivity contribution < 1.29 is 14.3 Å². The molecule has 1 amide bonds. The second kappa shape index (κ2) is 9.12. The fourth-order valence-electron chi connectivity index (χ4n) is 4.80. The van der Waals surface area contributed by atoms with Gasteiger partial charge in [0.2, 0.25) is 5.91 Å². The number of carbonyl (C=O) groups is 2. The molecule has 2 fully saturated rings. The van der Waals surface area contributed by atoms with E-state index in [1.54, 1.807) is 6.07 Å². The molecule has 0 radical (unpaired) electrons. The Morgan fingerprint density at radius 3 is 2.57 bits per heavy atom. The van der Waals surface area contributed by atoms with Gasteiger partial charge in [-0.3, -0.25) is 9.69 Å². The van der Waals surface area contributed by atoms with E-state index in [1.165, 1.54) is 20.0 Å². The van der Waals surface area contributed by atoms with E-state index in [-0.39, 0.29) is 24.0 Å². The van der Waals surface area contributed by atoms with Crippen LogP contribution in [0.2, 0.25) is 0 Å². The zero-order valence-electron chi connectivity index (χ0n) is 17.7. The molecule has 1 saturated heterocycles. The molecule has 156 valence electrons. The van der Waals surface area contributed by atoms with Crippen molar-refractivity contribution in [1.29, 1.82) is 0 Å². The van der Waals surface area contributed by atoms with Crippen LogP contribution in [0.1, 0.15) is 69.4 Å². The Bertz CT molecular complexity index is 678. The zero-order chi connectivity index (χ0) is 20.3. The van der Waals surface area contributed by atoms with Gasteiger partial charge >= 0.3 is 5.97 Å². The number of hydrogen-bond donors (Lipinski definition) is 1. The third-order valence-electron chi connectivity index (χ3n) is 7.03. The number of ether oxygens (including phenoxy) is 1. The molecule has 2 aliphatic rings. The molecule has 0 aromatic carbocycles. The highest BCUT2D eigenvalue weighted by Gasteiger charge is 2.32. The average molecular weight is 390 g/mol. The molecule has 0 bridgehead atoms. The predicted molar refractivity (Wildman–Crippen MR) is 109 cm³/mol. The van der Waals surface area contributed by atoms with Crippen molar-refractivity contribution >= 4 is 11.9 Å². The first-order valence-corrected chi connectivity index (χ1v) is 10.7. The highest BCUT2D eigenvalue weighted by Crippen LogP contribution is 2.30. The lowest BCUT2D eigenvalue weighted by Gasteiger charge is -2.39. The molecular formula is C22H35N3O3. The summed E-state index contributed by atoms with van der Waals surface area (Å²) in [5.74, 6) is 1.08. The smallest absolute Gasteiger partial charge is 0.354 e. The fraction of sp³-hybridized carbons (Fsp3) is 0.727. The van der Waals surface area contributed by atoms with Crippen molar-refractivity contribution in [3.63, 3.8) is 0 Å². The van der Waals surface area contributed by atoms with Crippen LogP contribution in [0.4, 0.5) is 0 Å². The quantitative estimate of drug-likeness (QED) is 0.786. The first-order chi connectivity index (χ1) is 13.4. The van der Waals surface area contributed by atoms with Gasteiger partial charge in [0, 0.05) is 31.4 Å². The minimum Gasteiger partial charge on any atom is -0.464 e. The Balaban J connectivity index is 1.54. The number of esters is 1. The summed E-state index contributed by atoms with van der Waals surface area (Å²) in [6, 6.07) is 4.16. The van der Waals surface area contributed by atoms with E-state index in [0.717, 1.165) is 32.4 Å². The van der Waals surface area contributed by atoms with Crippen LogP contribution in [-0.2, 0) is 9.53 Å². The normalized spacial score (nSPS) is 27.9. The number of hydrogen-bond acceptors (Lipinski definition) is 4. The van der Waals surface area contributed by atoms with Crippen LogP contribution in [-0.4, -0.2) is 53.6 Å². The Kier molecular flexibility index (Phi) is 6.81. The van der Waals surface area contributed by atoms with Crippen molar-refractivity contribution in [2.24, 2.45) is 11.8 Å². The summed E-state index contributed by atoms with van der Waals surface area (Å²) in [4.78, 5) is 27.0. The maximum Gasteiger partial charge on any atom is 0.354 e. The average Bonchev–Trinajstić information content (AvgIpc) is 3.20. The number of likely N-dealkylation sites (tertiary alicyclic amines) is 1. The van der Waals surface area contributed by atoms with Crippen LogP contribution < -0.4 is 5.32 Å². The molecule has 1 aliphatic carbocycles. The molecule has 1 aromatic heterocycles. The topological polar surface area (TPSA) is 63.6 Å². The van der Waals surface area contributed by atoms with Gasteiger partial charge in [-0.25, -0.2) is 4.79 Å². The Morgan fingerprint density at radius 1 is 1.18 bits per heavy atom. The van der Waals surface area contributed by atoms with Gasteiger partial charge in [-0.05, 0) is 50.2 Å². The molecule has 28 heavy (non-hydrogen) atoms.